The van der Waals surface area contributed by atoms with Gasteiger partial charge in [-0.15, -0.1) is 0 Å². The highest BCUT2D eigenvalue weighted by Gasteiger charge is 2.16. The Balaban J connectivity index is 2.06. The average Bonchev–Trinajstić information content (AvgIpc) is 2.85. The van der Waals surface area contributed by atoms with Gasteiger partial charge in [-0.2, -0.15) is 0 Å². The molecule has 1 N–H and O–H groups in total. The summed E-state index contributed by atoms with van der Waals surface area (Å²) in [6.45, 7) is 6.28. The number of nitrogens with one attached hydrogen (secondary N) is 1. The first-order valence-electron chi connectivity index (χ1n) is 12.1. The molecule has 7 heteroatoms. The summed E-state index contributed by atoms with van der Waals surface area (Å²) in [5.41, 5.74) is 2.07. The van der Waals surface area contributed by atoms with E-state index in [1.807, 2.05) is 43.3 Å². The minimum Gasteiger partial charge on any atom is -0.492 e. The predicted octanol–water partition coefficient (Wildman–Crippen LogP) is 5.89. The number of carbonyl (C=O) groups is 2. The van der Waals surface area contributed by atoms with Crippen LogP contribution in [-0.2, 0) is 16.0 Å². The van der Waals surface area contributed by atoms with Crippen molar-refractivity contribution in [3.8, 4) is 5.75 Å². The van der Waals surface area contributed by atoms with Crippen molar-refractivity contribution in [2.75, 3.05) is 38.8 Å². The number of nitrogens with zero attached hydrogens (tertiary/aromatic N) is 1. The van der Waals surface area contributed by atoms with E-state index in [9.17, 15) is 9.59 Å². The number of para-hydroxylation sites is 2. The Morgan fingerprint density at radius 2 is 1.65 bits per heavy atom. The third-order valence-electron chi connectivity index (χ3n) is 5.33. The molecule has 0 radical (unpaired) electrons. The summed E-state index contributed by atoms with van der Waals surface area (Å²) in [5.74, 6) is 0.263. The molecule has 186 valence electrons. The van der Waals surface area contributed by atoms with Gasteiger partial charge in [0.05, 0.1) is 24.5 Å². The number of esters is 1. The highest BCUT2D eigenvalue weighted by molar-refractivity contribution is 5.91. The van der Waals surface area contributed by atoms with Crippen molar-refractivity contribution in [3.05, 3.63) is 59.7 Å². The highest BCUT2D eigenvalue weighted by atomic mass is 16.6. The number of hydrogen-bond acceptors (Lipinski definition) is 5. The lowest BCUT2D eigenvalue weighted by Gasteiger charge is -2.24. The topological polar surface area (TPSA) is 77.1 Å². The van der Waals surface area contributed by atoms with E-state index in [-0.39, 0.29) is 18.6 Å². The second-order valence-electron chi connectivity index (χ2n) is 8.02. The Kier molecular flexibility index (Phi) is 12.6. The van der Waals surface area contributed by atoms with Crippen LogP contribution in [0.5, 0.6) is 5.75 Å². The average molecular weight is 471 g/mol. The molecule has 0 aliphatic carbocycles. The molecule has 0 unspecified atom stereocenters. The van der Waals surface area contributed by atoms with E-state index >= 15 is 0 Å². The summed E-state index contributed by atoms with van der Waals surface area (Å²) in [6, 6.07) is 14.4. The molecule has 2 aromatic carbocycles. The monoisotopic (exact) mass is 470 g/mol. The quantitative estimate of drug-likeness (QED) is 0.259. The van der Waals surface area contributed by atoms with Crippen LogP contribution in [0.3, 0.4) is 0 Å². The number of urea groups is 1. The van der Waals surface area contributed by atoms with Crippen LogP contribution in [0.15, 0.2) is 48.5 Å². The molecule has 0 heterocycles. The van der Waals surface area contributed by atoms with Gasteiger partial charge >= 0.3 is 12.0 Å². The largest absolute Gasteiger partial charge is 0.492 e. The number of anilines is 1. The van der Waals surface area contributed by atoms with Crippen LogP contribution in [0.25, 0.3) is 0 Å². The van der Waals surface area contributed by atoms with Gasteiger partial charge < -0.3 is 24.4 Å². The highest BCUT2D eigenvalue weighted by Crippen LogP contribution is 2.24. The number of benzene rings is 2. The second kappa shape index (κ2) is 15.7. The first-order valence-corrected chi connectivity index (χ1v) is 12.1. The van der Waals surface area contributed by atoms with E-state index in [0.29, 0.717) is 43.3 Å². The molecule has 2 rings (SSSR count). The van der Waals surface area contributed by atoms with Gasteiger partial charge in [0.2, 0.25) is 0 Å². The SMILES string of the molecule is CCCCCCCN(Cc1ccc(C(=O)OCCOC)cc1)C(=O)Nc1ccccc1OCC. The van der Waals surface area contributed by atoms with Crippen LogP contribution in [0, 0.1) is 0 Å². The number of methoxy groups -OCH3 is 1. The molecule has 34 heavy (non-hydrogen) atoms. The molecule has 0 saturated carbocycles. The summed E-state index contributed by atoms with van der Waals surface area (Å²) in [7, 11) is 1.56. The van der Waals surface area contributed by atoms with Crippen LogP contribution < -0.4 is 10.1 Å². The molecule has 2 aromatic rings. The van der Waals surface area contributed by atoms with E-state index in [1.54, 1.807) is 24.1 Å². The normalized spacial score (nSPS) is 10.6. The Bertz CT molecular complexity index is 870. The summed E-state index contributed by atoms with van der Waals surface area (Å²) in [4.78, 5) is 27.1. The van der Waals surface area contributed by atoms with Crippen LogP contribution in [0.2, 0.25) is 0 Å². The minimum absolute atomic E-state index is 0.175. The van der Waals surface area contributed by atoms with Gasteiger partial charge in [-0.3, -0.25) is 0 Å². The number of amides is 2. The molecule has 0 fully saturated rings. The Hall–Kier alpha value is -3.06. The molecule has 0 aromatic heterocycles. The number of hydrogen-bond donors (Lipinski definition) is 1. The van der Waals surface area contributed by atoms with E-state index in [4.69, 9.17) is 14.2 Å². The van der Waals surface area contributed by atoms with Gasteiger partial charge in [-0.05, 0) is 43.2 Å². The summed E-state index contributed by atoms with van der Waals surface area (Å²) in [5, 5.41) is 3.00. The van der Waals surface area contributed by atoms with Crippen molar-refractivity contribution in [3.63, 3.8) is 0 Å². The van der Waals surface area contributed by atoms with E-state index in [2.05, 4.69) is 12.2 Å². The summed E-state index contributed by atoms with van der Waals surface area (Å²) >= 11 is 0. The number of ether oxygens (including phenoxy) is 3. The van der Waals surface area contributed by atoms with Crippen molar-refractivity contribution >= 4 is 17.7 Å². The molecule has 7 nitrogen and oxygen atoms in total. The number of unbranched alkanes of at least 4 members (excludes halogenated alkanes) is 4. The van der Waals surface area contributed by atoms with Crippen molar-refractivity contribution in [2.24, 2.45) is 0 Å². The second-order valence-corrected chi connectivity index (χ2v) is 8.02. The fourth-order valence-corrected chi connectivity index (χ4v) is 3.47. The number of rotatable bonds is 15. The zero-order chi connectivity index (χ0) is 24.6. The van der Waals surface area contributed by atoms with Crippen molar-refractivity contribution in [1.82, 2.24) is 4.90 Å². The fourth-order valence-electron chi connectivity index (χ4n) is 3.47. The molecule has 0 bridgehead atoms. The zero-order valence-corrected chi connectivity index (χ0v) is 20.7. The maximum absolute atomic E-state index is 13.2. The summed E-state index contributed by atoms with van der Waals surface area (Å²) < 4.78 is 15.7. The van der Waals surface area contributed by atoms with Gasteiger partial charge in [-0.25, -0.2) is 9.59 Å². The van der Waals surface area contributed by atoms with Gasteiger partial charge in [0.15, 0.2) is 0 Å². The van der Waals surface area contributed by atoms with Crippen molar-refractivity contribution in [1.29, 1.82) is 0 Å². The predicted molar refractivity (Wildman–Crippen MR) is 134 cm³/mol. The van der Waals surface area contributed by atoms with Crippen LogP contribution in [0.1, 0.15) is 61.9 Å². The lowest BCUT2D eigenvalue weighted by molar-refractivity contribution is 0.0388. The number of carbonyl (C=O) groups excluding carboxylic acids is 2. The molecule has 0 aliphatic rings. The van der Waals surface area contributed by atoms with Crippen LogP contribution in [0.4, 0.5) is 10.5 Å². The molecule has 0 atom stereocenters. The lowest BCUT2D eigenvalue weighted by atomic mass is 10.1. The van der Waals surface area contributed by atoms with Gasteiger partial charge in [-0.1, -0.05) is 56.9 Å². The smallest absolute Gasteiger partial charge is 0.338 e. The maximum atomic E-state index is 13.2. The maximum Gasteiger partial charge on any atom is 0.338 e. The molecular formula is C27H38N2O5. The van der Waals surface area contributed by atoms with Gasteiger partial charge in [0.1, 0.15) is 12.4 Å². The Morgan fingerprint density at radius 1 is 0.912 bits per heavy atom. The van der Waals surface area contributed by atoms with E-state index in [0.717, 1.165) is 18.4 Å². The molecular weight excluding hydrogens is 432 g/mol. The zero-order valence-electron chi connectivity index (χ0n) is 20.7. The van der Waals surface area contributed by atoms with Crippen molar-refractivity contribution in [2.45, 2.75) is 52.5 Å². The molecule has 0 saturated heterocycles. The van der Waals surface area contributed by atoms with Crippen LogP contribution >= 0.6 is 0 Å². The fraction of sp³-hybridized carbons (Fsp3) is 0.481. The Labute approximate surface area is 203 Å². The standard InChI is InChI=1S/C27H38N2O5/c1-4-6-7-8-11-18-29(27(31)28-24-12-9-10-13-25(24)33-5-2)21-22-14-16-23(17-15-22)26(30)34-20-19-32-3/h9-10,12-17H,4-8,11,18-21H2,1-3H3,(H,28,31). The third kappa shape index (κ3) is 9.43. The minimum atomic E-state index is -0.387. The molecule has 2 amide bonds. The van der Waals surface area contributed by atoms with E-state index in [1.165, 1.54) is 19.3 Å². The lowest BCUT2D eigenvalue weighted by Crippen LogP contribution is -2.35. The molecule has 0 aliphatic heterocycles. The van der Waals surface area contributed by atoms with Crippen LogP contribution in [-0.4, -0.2) is 50.4 Å². The van der Waals surface area contributed by atoms with E-state index < -0.39 is 0 Å². The molecule has 0 spiro atoms. The first-order chi connectivity index (χ1) is 16.6. The Morgan fingerprint density at radius 3 is 2.35 bits per heavy atom. The summed E-state index contributed by atoms with van der Waals surface area (Å²) in [6.07, 6.45) is 5.57. The van der Waals surface area contributed by atoms with Gasteiger partial charge in [0.25, 0.3) is 0 Å². The van der Waals surface area contributed by atoms with Crippen molar-refractivity contribution < 1.29 is 23.8 Å². The van der Waals surface area contributed by atoms with Gasteiger partial charge in [0, 0.05) is 20.2 Å². The first kappa shape index (κ1) is 27.2. The third-order valence-corrected chi connectivity index (χ3v) is 5.33.